The molecule has 6 unspecified atom stereocenters. The van der Waals surface area contributed by atoms with E-state index in [1.807, 2.05) is 0 Å². The van der Waals surface area contributed by atoms with Crippen LogP contribution in [0.15, 0.2) is 0 Å². The van der Waals surface area contributed by atoms with Gasteiger partial charge in [-0.05, 0) is 6.92 Å². The van der Waals surface area contributed by atoms with E-state index in [4.69, 9.17) is 23.7 Å². The highest BCUT2D eigenvalue weighted by Gasteiger charge is 2.53. The van der Waals surface area contributed by atoms with Crippen molar-refractivity contribution in [1.82, 2.24) is 0 Å². The molecular formula is C18H32O15. The van der Waals surface area contributed by atoms with Crippen molar-refractivity contribution in [2.75, 3.05) is 13.2 Å². The maximum Gasteiger partial charge on any atom is 0.187 e. The minimum atomic E-state index is -1.88. The second-order valence-electron chi connectivity index (χ2n) is 8.32. The molecule has 0 aliphatic carbocycles. The molecule has 0 bridgehead atoms. The van der Waals surface area contributed by atoms with Crippen LogP contribution in [-0.4, -0.2) is 156 Å². The third-order valence-corrected chi connectivity index (χ3v) is 6.05. The molecule has 15 nitrogen and oxygen atoms in total. The van der Waals surface area contributed by atoms with E-state index in [1.165, 1.54) is 6.92 Å². The summed E-state index contributed by atoms with van der Waals surface area (Å²) in [7, 11) is 0. The number of aliphatic hydroxyl groups is 10. The molecule has 0 aromatic carbocycles. The van der Waals surface area contributed by atoms with E-state index in [0.29, 0.717) is 0 Å². The topological polar surface area (TPSA) is 248 Å². The molecular weight excluding hydrogens is 456 g/mol. The van der Waals surface area contributed by atoms with Crippen LogP contribution in [0.4, 0.5) is 0 Å². The van der Waals surface area contributed by atoms with E-state index in [0.717, 1.165) is 0 Å². The van der Waals surface area contributed by atoms with Gasteiger partial charge in [0, 0.05) is 0 Å². The van der Waals surface area contributed by atoms with Gasteiger partial charge in [-0.1, -0.05) is 0 Å². The first-order valence-electron chi connectivity index (χ1n) is 10.4. The molecule has 3 heterocycles. The van der Waals surface area contributed by atoms with Gasteiger partial charge in [-0.3, -0.25) is 0 Å². The molecule has 0 amide bonds. The van der Waals surface area contributed by atoms with Gasteiger partial charge in [-0.15, -0.1) is 0 Å². The first kappa shape index (κ1) is 27.0. The molecule has 0 spiro atoms. The van der Waals surface area contributed by atoms with Gasteiger partial charge >= 0.3 is 0 Å². The van der Waals surface area contributed by atoms with E-state index in [9.17, 15) is 51.1 Å². The highest BCUT2D eigenvalue weighted by atomic mass is 16.8. The summed E-state index contributed by atoms with van der Waals surface area (Å²) in [6, 6.07) is 0. The minimum Gasteiger partial charge on any atom is -0.394 e. The summed E-state index contributed by atoms with van der Waals surface area (Å²) in [5, 5.41) is 99.8. The van der Waals surface area contributed by atoms with Crippen LogP contribution >= 0.6 is 0 Å². The Balaban J connectivity index is 1.83. The Morgan fingerprint density at radius 1 is 0.545 bits per heavy atom. The van der Waals surface area contributed by atoms with Crippen LogP contribution in [0.25, 0.3) is 0 Å². The Bertz CT molecular complexity index is 624. The molecule has 3 aliphatic heterocycles. The van der Waals surface area contributed by atoms with Crippen molar-refractivity contribution in [3.8, 4) is 0 Å². The fourth-order valence-electron chi connectivity index (χ4n) is 3.99. The van der Waals surface area contributed by atoms with Crippen molar-refractivity contribution in [3.05, 3.63) is 0 Å². The van der Waals surface area contributed by atoms with Gasteiger partial charge in [-0.25, -0.2) is 0 Å². The number of hydrogen-bond acceptors (Lipinski definition) is 15. The predicted molar refractivity (Wildman–Crippen MR) is 99.8 cm³/mol. The largest absolute Gasteiger partial charge is 0.394 e. The average molecular weight is 488 g/mol. The maximum atomic E-state index is 10.5. The lowest BCUT2D eigenvalue weighted by Gasteiger charge is -2.48. The lowest BCUT2D eigenvalue weighted by Crippen LogP contribution is -2.66. The average Bonchev–Trinajstić information content (AvgIpc) is 2.80. The molecule has 3 saturated heterocycles. The number of hydrogen-bond donors (Lipinski definition) is 10. The van der Waals surface area contributed by atoms with Gasteiger partial charge in [0.1, 0.15) is 67.1 Å². The zero-order chi connectivity index (χ0) is 24.6. The van der Waals surface area contributed by atoms with E-state index in [2.05, 4.69) is 0 Å². The standard InChI is InChI=1S/C18H32O15/c1-4-7(21)9(23)11(25)17(29-4)33-15-13(27)16(28)30-6(3-20)14(15)32-18-12(26)10(24)8(22)5(2-19)31-18/h4-28H,2-3H2,1H3/t4?,5?,6?,7-,8+,9+,10+,11?,12?,13?,14-,15-,16+,17+,18+/m1/s1. The van der Waals surface area contributed by atoms with Crippen molar-refractivity contribution < 1.29 is 74.7 Å². The summed E-state index contributed by atoms with van der Waals surface area (Å²) < 4.78 is 26.9. The van der Waals surface area contributed by atoms with E-state index in [-0.39, 0.29) is 0 Å². The number of rotatable bonds is 6. The number of ether oxygens (including phenoxy) is 5. The maximum absolute atomic E-state index is 10.5. The first-order valence-corrected chi connectivity index (χ1v) is 10.4. The van der Waals surface area contributed by atoms with Crippen LogP contribution in [0.1, 0.15) is 6.92 Å². The Morgan fingerprint density at radius 3 is 1.64 bits per heavy atom. The van der Waals surface area contributed by atoms with Crippen LogP contribution in [-0.2, 0) is 23.7 Å². The van der Waals surface area contributed by atoms with Gasteiger partial charge in [0.15, 0.2) is 18.9 Å². The van der Waals surface area contributed by atoms with E-state index in [1.54, 1.807) is 0 Å². The van der Waals surface area contributed by atoms with Crippen LogP contribution in [0.2, 0.25) is 0 Å². The molecule has 3 aliphatic rings. The summed E-state index contributed by atoms with van der Waals surface area (Å²) in [6.07, 6.45) is -24.0. The lowest BCUT2D eigenvalue weighted by atomic mass is 9.96. The first-order chi connectivity index (χ1) is 15.5. The van der Waals surface area contributed by atoms with E-state index < -0.39 is 105 Å². The molecule has 3 rings (SSSR count). The third kappa shape index (κ3) is 5.32. The van der Waals surface area contributed by atoms with Crippen LogP contribution in [0, 0.1) is 0 Å². The normalized spacial score (nSPS) is 53.7. The summed E-state index contributed by atoms with van der Waals surface area (Å²) in [4.78, 5) is 0. The molecule has 15 heteroatoms. The second-order valence-corrected chi connectivity index (χ2v) is 8.32. The Hall–Kier alpha value is -0.600. The van der Waals surface area contributed by atoms with Gasteiger partial charge in [-0.2, -0.15) is 0 Å². The van der Waals surface area contributed by atoms with E-state index >= 15 is 0 Å². The third-order valence-electron chi connectivity index (χ3n) is 6.05. The van der Waals surface area contributed by atoms with Crippen molar-refractivity contribution >= 4 is 0 Å². The SMILES string of the molecule is CC1O[C@@H](O[C@@H]2C(O)[C@@H](O)OC(CO)[C@H]2O[C@@H]2OC(CO)[C@H](O)[C@H](O)C2O)C(O)[C@@H](O)[C@@H]1O. The highest BCUT2D eigenvalue weighted by molar-refractivity contribution is 4.96. The van der Waals surface area contributed by atoms with Crippen molar-refractivity contribution in [1.29, 1.82) is 0 Å². The molecule has 10 N–H and O–H groups in total. The van der Waals surface area contributed by atoms with Crippen LogP contribution < -0.4 is 0 Å². The van der Waals surface area contributed by atoms with Crippen molar-refractivity contribution in [2.45, 2.75) is 99.0 Å². The van der Waals surface area contributed by atoms with Crippen LogP contribution in [0.5, 0.6) is 0 Å². The molecule has 33 heavy (non-hydrogen) atoms. The van der Waals surface area contributed by atoms with Crippen molar-refractivity contribution in [3.63, 3.8) is 0 Å². The lowest BCUT2D eigenvalue weighted by molar-refractivity contribution is -0.382. The quantitative estimate of drug-likeness (QED) is 0.167. The van der Waals surface area contributed by atoms with Crippen LogP contribution in [0.3, 0.4) is 0 Å². The summed E-state index contributed by atoms with van der Waals surface area (Å²) >= 11 is 0. The highest BCUT2D eigenvalue weighted by Crippen LogP contribution is 2.32. The molecule has 15 atom stereocenters. The summed E-state index contributed by atoms with van der Waals surface area (Å²) in [5.41, 5.74) is 0. The smallest absolute Gasteiger partial charge is 0.187 e. The fraction of sp³-hybridized carbons (Fsp3) is 1.00. The Morgan fingerprint density at radius 2 is 1.06 bits per heavy atom. The molecule has 0 aromatic rings. The van der Waals surface area contributed by atoms with Gasteiger partial charge < -0.3 is 74.7 Å². The monoisotopic (exact) mass is 488 g/mol. The number of aliphatic hydroxyl groups excluding tert-OH is 10. The zero-order valence-electron chi connectivity index (χ0n) is 17.6. The molecule has 3 fully saturated rings. The van der Waals surface area contributed by atoms with Gasteiger partial charge in [0.2, 0.25) is 0 Å². The Kier molecular flexibility index (Phi) is 8.99. The fourth-order valence-corrected chi connectivity index (χ4v) is 3.99. The second kappa shape index (κ2) is 11.0. The van der Waals surface area contributed by atoms with Gasteiger partial charge in [0.25, 0.3) is 0 Å². The Labute approximate surface area is 187 Å². The molecule has 194 valence electrons. The predicted octanol–water partition coefficient (Wildman–Crippen LogP) is -6.55. The minimum absolute atomic E-state index is 0.739. The molecule has 0 radical (unpaired) electrons. The zero-order valence-corrected chi connectivity index (χ0v) is 17.6. The molecule has 0 saturated carbocycles. The molecule has 0 aromatic heterocycles. The summed E-state index contributed by atoms with van der Waals surface area (Å²) in [6.45, 7) is -0.127. The van der Waals surface area contributed by atoms with Crippen molar-refractivity contribution in [2.24, 2.45) is 0 Å². The summed E-state index contributed by atoms with van der Waals surface area (Å²) in [5.74, 6) is 0. The van der Waals surface area contributed by atoms with Gasteiger partial charge in [0.05, 0.1) is 19.3 Å².